The van der Waals surface area contributed by atoms with Crippen molar-refractivity contribution in [3.8, 4) is 0 Å². The summed E-state index contributed by atoms with van der Waals surface area (Å²) >= 11 is 0. The van der Waals surface area contributed by atoms with Crippen LogP contribution in [0.15, 0.2) is 0 Å². The van der Waals surface area contributed by atoms with E-state index in [1.807, 2.05) is 0 Å². The van der Waals surface area contributed by atoms with Crippen LogP contribution in [0.25, 0.3) is 0 Å². The molecule has 0 radical (unpaired) electrons. The molecule has 1 aliphatic carbocycles. The van der Waals surface area contributed by atoms with Crippen molar-refractivity contribution < 1.29 is 9.53 Å². The molecule has 0 bridgehead atoms. The van der Waals surface area contributed by atoms with Gasteiger partial charge in [0.25, 0.3) is 0 Å². The highest BCUT2D eigenvalue weighted by Crippen LogP contribution is 2.34. The molecule has 1 amide bonds. The van der Waals surface area contributed by atoms with Crippen LogP contribution in [-0.2, 0) is 9.53 Å². The number of ether oxygens (including phenoxy) is 1. The number of amides is 1. The summed E-state index contributed by atoms with van der Waals surface area (Å²) in [5.74, 6) is 0.338. The van der Waals surface area contributed by atoms with Gasteiger partial charge in [-0.25, -0.2) is 0 Å². The fourth-order valence-corrected chi connectivity index (χ4v) is 3.69. The molecule has 2 rings (SSSR count). The first kappa shape index (κ1) is 14.8. The third-order valence-corrected chi connectivity index (χ3v) is 4.80. The Balaban J connectivity index is 2.12. The first-order chi connectivity index (χ1) is 9.23. The van der Waals surface area contributed by atoms with E-state index in [0.29, 0.717) is 18.6 Å². The Morgan fingerprint density at radius 3 is 2.47 bits per heavy atom. The van der Waals surface area contributed by atoms with E-state index < -0.39 is 0 Å². The van der Waals surface area contributed by atoms with Crippen molar-refractivity contribution in [3.05, 3.63) is 0 Å². The van der Waals surface area contributed by atoms with Crippen LogP contribution in [0, 0.1) is 5.41 Å². The van der Waals surface area contributed by atoms with Crippen LogP contribution in [0.3, 0.4) is 0 Å². The molecule has 1 saturated heterocycles. The topological polar surface area (TPSA) is 41.6 Å². The predicted molar refractivity (Wildman–Crippen MR) is 76.1 cm³/mol. The molecule has 0 atom stereocenters. The van der Waals surface area contributed by atoms with E-state index in [1.165, 1.54) is 25.7 Å². The smallest absolute Gasteiger partial charge is 0.231 e. The minimum Gasteiger partial charge on any atom is -0.384 e. The molecule has 4 heteroatoms. The Bertz CT molecular complexity index is 289. The summed E-state index contributed by atoms with van der Waals surface area (Å²) in [5.41, 5.74) is -0.279. The molecule has 1 heterocycles. The monoisotopic (exact) mass is 268 g/mol. The Morgan fingerprint density at radius 1 is 1.32 bits per heavy atom. The third-order valence-electron chi connectivity index (χ3n) is 4.80. The number of hydrogen-bond acceptors (Lipinski definition) is 3. The van der Waals surface area contributed by atoms with Crippen LogP contribution in [0.4, 0.5) is 0 Å². The molecule has 110 valence electrons. The van der Waals surface area contributed by atoms with E-state index in [9.17, 15) is 4.79 Å². The van der Waals surface area contributed by atoms with Crippen molar-refractivity contribution in [1.29, 1.82) is 0 Å². The standard InChI is InChI=1S/C15H28N2O2/c1-3-17(13-6-4-5-7-13)14(18)15(12-19-2)8-10-16-11-9-15/h13,16H,3-12H2,1-2H3. The van der Waals surface area contributed by atoms with Gasteiger partial charge in [-0.3, -0.25) is 4.79 Å². The lowest BCUT2D eigenvalue weighted by Crippen LogP contribution is -2.53. The second-order valence-electron chi connectivity index (χ2n) is 5.99. The lowest BCUT2D eigenvalue weighted by Gasteiger charge is -2.41. The fourth-order valence-electron chi connectivity index (χ4n) is 3.69. The van der Waals surface area contributed by atoms with Gasteiger partial charge in [0.15, 0.2) is 0 Å². The van der Waals surface area contributed by atoms with Crippen LogP contribution in [-0.4, -0.2) is 50.2 Å². The number of nitrogens with one attached hydrogen (secondary N) is 1. The molecule has 4 nitrogen and oxygen atoms in total. The van der Waals surface area contributed by atoms with E-state index in [2.05, 4.69) is 17.1 Å². The van der Waals surface area contributed by atoms with Gasteiger partial charge in [0, 0.05) is 19.7 Å². The zero-order chi connectivity index (χ0) is 13.7. The summed E-state index contributed by atoms with van der Waals surface area (Å²) in [4.78, 5) is 15.2. The predicted octanol–water partition coefficient (Wildman–Crippen LogP) is 1.79. The number of hydrogen-bond donors (Lipinski definition) is 1. The summed E-state index contributed by atoms with van der Waals surface area (Å²) in [5, 5.41) is 3.35. The van der Waals surface area contributed by atoms with Crippen LogP contribution >= 0.6 is 0 Å². The van der Waals surface area contributed by atoms with Crippen molar-refractivity contribution in [1.82, 2.24) is 10.2 Å². The quantitative estimate of drug-likeness (QED) is 0.826. The lowest BCUT2D eigenvalue weighted by molar-refractivity contribution is -0.149. The van der Waals surface area contributed by atoms with Crippen molar-refractivity contribution >= 4 is 5.91 Å². The average Bonchev–Trinajstić information content (AvgIpc) is 2.95. The molecule has 0 aromatic rings. The van der Waals surface area contributed by atoms with Crippen LogP contribution in [0.5, 0.6) is 0 Å². The zero-order valence-electron chi connectivity index (χ0n) is 12.4. The number of piperidine rings is 1. The minimum atomic E-state index is -0.279. The normalized spacial score (nSPS) is 23.5. The highest BCUT2D eigenvalue weighted by molar-refractivity contribution is 5.83. The molecule has 2 aliphatic rings. The summed E-state index contributed by atoms with van der Waals surface area (Å²) in [7, 11) is 1.71. The molecule has 19 heavy (non-hydrogen) atoms. The van der Waals surface area contributed by atoms with Crippen LogP contribution in [0.1, 0.15) is 45.4 Å². The Hall–Kier alpha value is -0.610. The maximum atomic E-state index is 13.0. The number of carbonyl (C=O) groups is 1. The first-order valence-corrected chi connectivity index (χ1v) is 7.74. The van der Waals surface area contributed by atoms with E-state index >= 15 is 0 Å². The third kappa shape index (κ3) is 3.11. The van der Waals surface area contributed by atoms with Gasteiger partial charge in [0.1, 0.15) is 0 Å². The number of carbonyl (C=O) groups excluding carboxylic acids is 1. The second kappa shape index (κ2) is 6.71. The molecule has 2 fully saturated rings. The summed E-state index contributed by atoms with van der Waals surface area (Å²) in [6.07, 6.45) is 6.72. The maximum absolute atomic E-state index is 13.0. The van der Waals surface area contributed by atoms with Gasteiger partial charge in [-0.15, -0.1) is 0 Å². The van der Waals surface area contributed by atoms with Crippen LogP contribution < -0.4 is 5.32 Å². The van der Waals surface area contributed by atoms with Crippen LogP contribution in [0.2, 0.25) is 0 Å². The number of rotatable bonds is 5. The van der Waals surface area contributed by atoms with Crippen molar-refractivity contribution in [2.75, 3.05) is 33.4 Å². The zero-order valence-corrected chi connectivity index (χ0v) is 12.4. The Kier molecular flexibility index (Phi) is 5.22. The second-order valence-corrected chi connectivity index (χ2v) is 5.99. The van der Waals surface area contributed by atoms with E-state index in [4.69, 9.17) is 4.74 Å². The summed E-state index contributed by atoms with van der Waals surface area (Å²) < 4.78 is 5.39. The van der Waals surface area contributed by atoms with E-state index in [-0.39, 0.29) is 5.41 Å². The maximum Gasteiger partial charge on any atom is 0.231 e. The summed E-state index contributed by atoms with van der Waals surface area (Å²) in [6, 6.07) is 0.473. The highest BCUT2D eigenvalue weighted by atomic mass is 16.5. The van der Waals surface area contributed by atoms with Gasteiger partial charge >= 0.3 is 0 Å². The van der Waals surface area contributed by atoms with Gasteiger partial charge in [-0.1, -0.05) is 12.8 Å². The highest BCUT2D eigenvalue weighted by Gasteiger charge is 2.43. The summed E-state index contributed by atoms with van der Waals surface area (Å²) in [6.45, 7) is 5.37. The minimum absolute atomic E-state index is 0.279. The Morgan fingerprint density at radius 2 is 1.95 bits per heavy atom. The SMILES string of the molecule is CCN(C(=O)C1(COC)CCNCC1)C1CCCC1. The average molecular weight is 268 g/mol. The van der Waals surface area contributed by atoms with Gasteiger partial charge in [-0.05, 0) is 45.7 Å². The molecule has 1 N–H and O–H groups in total. The molecule has 1 aliphatic heterocycles. The molecule has 0 aromatic heterocycles. The van der Waals surface area contributed by atoms with Gasteiger partial charge in [0.05, 0.1) is 12.0 Å². The lowest BCUT2D eigenvalue weighted by atomic mass is 9.78. The largest absolute Gasteiger partial charge is 0.384 e. The molecular weight excluding hydrogens is 240 g/mol. The number of methoxy groups -OCH3 is 1. The number of nitrogens with zero attached hydrogens (tertiary/aromatic N) is 1. The van der Waals surface area contributed by atoms with Gasteiger partial charge in [-0.2, -0.15) is 0 Å². The molecular formula is C15H28N2O2. The van der Waals surface area contributed by atoms with Crippen molar-refractivity contribution in [3.63, 3.8) is 0 Å². The van der Waals surface area contributed by atoms with Gasteiger partial charge < -0.3 is 15.0 Å². The first-order valence-electron chi connectivity index (χ1n) is 7.74. The molecule has 0 unspecified atom stereocenters. The Labute approximate surface area is 116 Å². The van der Waals surface area contributed by atoms with Crippen molar-refractivity contribution in [2.45, 2.75) is 51.5 Å². The van der Waals surface area contributed by atoms with Crippen molar-refractivity contribution in [2.24, 2.45) is 5.41 Å². The molecule has 1 saturated carbocycles. The van der Waals surface area contributed by atoms with E-state index in [1.54, 1.807) is 7.11 Å². The molecule has 0 spiro atoms. The molecule has 0 aromatic carbocycles. The van der Waals surface area contributed by atoms with E-state index in [0.717, 1.165) is 32.5 Å². The van der Waals surface area contributed by atoms with Gasteiger partial charge in [0.2, 0.25) is 5.91 Å². The fraction of sp³-hybridized carbons (Fsp3) is 0.933.